The molecule has 0 aliphatic carbocycles. The number of carbonyl (C=O) groups is 4. The number of ether oxygens (including phenoxy) is 15. The van der Waals surface area contributed by atoms with Crippen LogP contribution in [0.3, 0.4) is 0 Å². The van der Waals surface area contributed by atoms with Crippen LogP contribution in [0.25, 0.3) is 0 Å². The molecule has 0 unspecified atom stereocenters. The van der Waals surface area contributed by atoms with Gasteiger partial charge in [-0.05, 0) is 0 Å². The maximum absolute atomic E-state index is 13.0. The number of rotatable bonds is 26. The van der Waals surface area contributed by atoms with Crippen molar-refractivity contribution in [1.82, 2.24) is 21.3 Å². The van der Waals surface area contributed by atoms with E-state index in [9.17, 15) is 132 Å². The number of hydrogen-bond acceptors (Lipinski definition) is 41. The van der Waals surface area contributed by atoms with E-state index in [-0.39, 0.29) is 0 Å². The van der Waals surface area contributed by atoms with Gasteiger partial charge in [0.1, 0.15) is 195 Å². The highest BCUT2D eigenvalue weighted by Gasteiger charge is 2.60. The smallest absolute Gasteiger partial charge is 0.217 e. The van der Waals surface area contributed by atoms with Crippen LogP contribution in [-0.2, 0) is 90.2 Å². The van der Waals surface area contributed by atoms with Gasteiger partial charge in [-0.2, -0.15) is 0 Å². The lowest BCUT2D eigenvalue weighted by Gasteiger charge is -2.52. The summed E-state index contributed by atoms with van der Waals surface area (Å²) in [5, 5.41) is 252. The molecule has 0 spiro atoms. The van der Waals surface area contributed by atoms with Crippen molar-refractivity contribution in [1.29, 1.82) is 0 Å². The lowest BCUT2D eigenvalue weighted by molar-refractivity contribution is -0.401. The number of aliphatic hydroxyl groups excluding tert-OH is 22. The fourth-order valence-electron chi connectivity index (χ4n) is 13.0. The molecule has 0 saturated carbocycles. The fourth-order valence-corrected chi connectivity index (χ4v) is 13.0. The van der Waals surface area contributed by atoms with Crippen LogP contribution in [0.5, 0.6) is 0 Å². The standard InChI is InChI=1S/C56H94N4O41/c1-13(68)57-25-34(77)43(21(9-65)88-49(25)86)96-51-27(59-15(3)70)35(78)45(23(11-67)93-51)98-55-42(85)47(100-54-41(84)38(81)31(74)19(7-63)91-54)46(99-50-26(58-14(2)69)33(76)29(72)17(5-61)89-50)24(95-55)12-87-56-48(39(82)32(75)20(8-64)92-56)101-52-28(60-16(4)71)36(79)44(22(10-66)94-52)97-53-40(83)37(80)30(73)18(6-62)90-53/h17-56,61-67,72-86H,5-12H2,1-4H3,(H,57,68)(H,58,69)(H,59,70)(H,60,71)/t17-,18-,19-,20-,21-,22-,23-,24-,25-,26-,27-,28-,29-,30+,31-,32-,33-,34-,35-,36-,37+,38+,39+,40-,41+,42+,43-,44-,45-,46-,47-,48+,49-,50+,51+,52+,53+,54-,55+,56+/m1/s1. The zero-order valence-electron chi connectivity index (χ0n) is 54.3. The van der Waals surface area contributed by atoms with Crippen LogP contribution in [0, 0.1) is 0 Å². The van der Waals surface area contributed by atoms with Crippen LogP contribution in [-0.4, -0.2) is 434 Å². The molecule has 0 bridgehead atoms. The number of aliphatic hydroxyl groups is 22. The van der Waals surface area contributed by atoms with E-state index >= 15 is 0 Å². The van der Waals surface area contributed by atoms with Gasteiger partial charge in [0, 0.05) is 27.7 Å². The van der Waals surface area contributed by atoms with Crippen LogP contribution in [0.1, 0.15) is 27.7 Å². The van der Waals surface area contributed by atoms with Gasteiger partial charge >= 0.3 is 0 Å². The van der Waals surface area contributed by atoms with E-state index in [0.717, 1.165) is 27.7 Å². The predicted octanol–water partition coefficient (Wildman–Crippen LogP) is -17.9. The van der Waals surface area contributed by atoms with Crippen LogP contribution < -0.4 is 21.3 Å². The minimum absolute atomic E-state index is 0.775. The summed E-state index contributed by atoms with van der Waals surface area (Å²) < 4.78 is 89.8. The summed E-state index contributed by atoms with van der Waals surface area (Å²) in [6.45, 7) is -4.80. The Hall–Kier alpha value is -3.60. The Morgan fingerprint density at radius 2 is 0.535 bits per heavy atom. The summed E-state index contributed by atoms with van der Waals surface area (Å²) in [6.07, 6.45) is -74.3. The number of hydrogen-bond donors (Lipinski definition) is 26. The highest BCUT2D eigenvalue weighted by molar-refractivity contribution is 5.74. The first-order chi connectivity index (χ1) is 47.8. The Kier molecular flexibility index (Phi) is 29.9. The van der Waals surface area contributed by atoms with E-state index in [1.807, 2.05) is 0 Å². The molecule has 40 atom stereocenters. The molecule has 0 aromatic carbocycles. The summed E-state index contributed by atoms with van der Waals surface area (Å²) in [7, 11) is 0. The molecule has 45 heteroatoms. The maximum atomic E-state index is 13.0. The van der Waals surface area contributed by atoms with E-state index < -0.39 is 322 Å². The Labute approximate surface area is 572 Å². The first kappa shape index (κ1) is 83.0. The monoisotopic (exact) mass is 1480 g/mol. The zero-order chi connectivity index (χ0) is 74.5. The fraction of sp³-hybridized carbons (Fsp3) is 0.929. The van der Waals surface area contributed by atoms with Crippen molar-refractivity contribution in [2.45, 2.75) is 273 Å². The minimum Gasteiger partial charge on any atom is -0.394 e. The number of nitrogens with one attached hydrogen (secondary N) is 4. The lowest BCUT2D eigenvalue weighted by atomic mass is 9.93. The molecular formula is C56H94N4O41. The summed E-state index contributed by atoms with van der Waals surface area (Å²) in [4.78, 5) is 50.7. The normalized spacial score (nSPS) is 48.3. The van der Waals surface area contributed by atoms with Crippen LogP contribution in [0.4, 0.5) is 0 Å². The van der Waals surface area contributed by atoms with Crippen molar-refractivity contribution >= 4 is 23.6 Å². The van der Waals surface area contributed by atoms with E-state index in [0.29, 0.717) is 0 Å². The van der Waals surface area contributed by atoms with E-state index in [4.69, 9.17) is 71.1 Å². The van der Waals surface area contributed by atoms with Gasteiger partial charge in [0.25, 0.3) is 0 Å². The van der Waals surface area contributed by atoms with Crippen LogP contribution in [0.15, 0.2) is 0 Å². The number of carbonyl (C=O) groups excluding carboxylic acids is 4. The molecule has 0 aromatic heterocycles. The Morgan fingerprint density at radius 3 is 0.941 bits per heavy atom. The Balaban J connectivity index is 1.19. The predicted molar refractivity (Wildman–Crippen MR) is 311 cm³/mol. The third-order valence-corrected chi connectivity index (χ3v) is 18.2. The lowest BCUT2D eigenvalue weighted by Crippen LogP contribution is -2.71. The second kappa shape index (κ2) is 36.3. The molecule has 584 valence electrons. The average molecular weight is 1480 g/mol. The summed E-state index contributed by atoms with van der Waals surface area (Å²) in [5.74, 6) is -3.54. The van der Waals surface area contributed by atoms with E-state index in [1.54, 1.807) is 0 Å². The van der Waals surface area contributed by atoms with Gasteiger partial charge < -0.3 is 205 Å². The van der Waals surface area contributed by atoms with Crippen molar-refractivity contribution in [3.8, 4) is 0 Å². The van der Waals surface area contributed by atoms with Gasteiger partial charge in [-0.15, -0.1) is 0 Å². The summed E-state index contributed by atoms with van der Waals surface area (Å²) >= 11 is 0. The van der Waals surface area contributed by atoms with E-state index in [2.05, 4.69) is 21.3 Å². The van der Waals surface area contributed by atoms with Gasteiger partial charge in [0.05, 0.1) is 52.9 Å². The zero-order valence-corrected chi connectivity index (χ0v) is 54.3. The summed E-state index contributed by atoms with van der Waals surface area (Å²) in [5.41, 5.74) is 0. The van der Waals surface area contributed by atoms with Crippen LogP contribution in [0.2, 0.25) is 0 Å². The summed E-state index contributed by atoms with van der Waals surface area (Å²) in [6, 6.07) is -7.32. The molecule has 4 amide bonds. The highest BCUT2D eigenvalue weighted by Crippen LogP contribution is 2.40. The number of amides is 4. The molecule has 8 aliphatic heterocycles. The topological polar surface area (TPSA) is 700 Å². The van der Waals surface area contributed by atoms with Crippen molar-refractivity contribution in [2.24, 2.45) is 0 Å². The first-order valence-corrected chi connectivity index (χ1v) is 32.1. The van der Waals surface area contributed by atoms with E-state index in [1.165, 1.54) is 0 Å². The van der Waals surface area contributed by atoms with Gasteiger partial charge in [-0.25, -0.2) is 0 Å². The maximum Gasteiger partial charge on any atom is 0.217 e. The molecule has 45 nitrogen and oxygen atoms in total. The molecular weight excluding hydrogens is 1380 g/mol. The third-order valence-electron chi connectivity index (χ3n) is 18.2. The molecule has 8 heterocycles. The molecule has 8 saturated heterocycles. The Bertz CT molecular complexity index is 2640. The quantitative estimate of drug-likeness (QED) is 0.0382. The van der Waals surface area contributed by atoms with Gasteiger partial charge in [0.2, 0.25) is 23.6 Å². The van der Waals surface area contributed by atoms with Crippen LogP contribution >= 0.6 is 0 Å². The minimum atomic E-state index is -2.54. The molecule has 8 aliphatic rings. The SMILES string of the molecule is CC(=O)N[C@@H]1[C@@H](O)[C@H](O[C@@H]2O[C@H](CO)[C@@H](O[C@@H]3O[C@H](CO[C@H]4O[C@H](CO)[C@@H](O)[C@H](O)[C@@H]4O[C@@H]4O[C@H](CO)[C@@H](O[C@@H]5O[C@H](CO)[C@H](O)[C@H](O)[C@H]5O)[C@H](O)[C@H]4NC(C)=O)[C@@H](O[C@@H]4O[C@H](CO)[C@@H](O)[C@H](O)[C@H]4NC(C)=O)[C@H](O[C@H]4O[C@H](CO)[C@@H](O)[C@H](O)[C@@H]4O)[C@@H]3O)[C@H](O)[C@H]2NC(C)=O)[C@@H](CO)O[C@H]1O. The first-order valence-electron chi connectivity index (χ1n) is 32.1. The van der Waals surface area contributed by atoms with Gasteiger partial charge in [-0.1, -0.05) is 0 Å². The molecule has 101 heavy (non-hydrogen) atoms. The van der Waals surface area contributed by atoms with Crippen molar-refractivity contribution < 1.29 is 203 Å². The highest BCUT2D eigenvalue weighted by atomic mass is 16.8. The van der Waals surface area contributed by atoms with Gasteiger partial charge in [0.15, 0.2) is 50.3 Å². The second-order valence-corrected chi connectivity index (χ2v) is 25.4. The van der Waals surface area contributed by atoms with Gasteiger partial charge in [-0.3, -0.25) is 19.2 Å². The molecule has 8 fully saturated rings. The molecule has 0 radical (unpaired) electrons. The molecule has 26 N–H and O–H groups in total. The van der Waals surface area contributed by atoms with Crippen molar-refractivity contribution in [3.05, 3.63) is 0 Å². The molecule has 0 aromatic rings. The van der Waals surface area contributed by atoms with Crippen molar-refractivity contribution in [2.75, 3.05) is 52.9 Å². The third kappa shape index (κ3) is 18.5. The van der Waals surface area contributed by atoms with Crippen molar-refractivity contribution in [3.63, 3.8) is 0 Å². The molecule has 8 rings (SSSR count). The Morgan fingerprint density at radius 1 is 0.257 bits per heavy atom. The largest absolute Gasteiger partial charge is 0.394 e. The average Bonchev–Trinajstić information content (AvgIpc) is 0.768. The second-order valence-electron chi connectivity index (χ2n) is 25.4.